The number of hydrogen-bond donors (Lipinski definition) is 1. The maximum absolute atomic E-state index is 12.3. The van der Waals surface area contributed by atoms with E-state index in [9.17, 15) is 19.7 Å². The minimum absolute atomic E-state index is 0.264. The Morgan fingerprint density at radius 1 is 1.32 bits per heavy atom. The Morgan fingerprint density at radius 2 is 2.07 bits per heavy atom. The second-order valence-corrected chi connectivity index (χ2v) is 7.45. The van der Waals surface area contributed by atoms with Crippen molar-refractivity contribution in [1.29, 1.82) is 0 Å². The molecule has 0 aliphatic rings. The molecule has 0 aliphatic heterocycles. The van der Waals surface area contributed by atoms with Crippen LogP contribution >= 0.6 is 22.9 Å². The lowest BCUT2D eigenvalue weighted by atomic mass is 10.1. The Labute approximate surface area is 168 Å². The number of benzene rings is 1. The Balaban J connectivity index is 1.72. The zero-order valence-electron chi connectivity index (χ0n) is 14.7. The molecule has 3 rings (SSSR count). The van der Waals surface area contributed by atoms with Crippen LogP contribution in [0.4, 0.5) is 10.8 Å². The molecule has 1 N–H and O–H groups in total. The summed E-state index contributed by atoms with van der Waals surface area (Å²) in [4.78, 5) is 39.6. The Kier molecular flexibility index (Phi) is 5.86. The zero-order valence-corrected chi connectivity index (χ0v) is 16.3. The van der Waals surface area contributed by atoms with Gasteiger partial charge in [0.05, 0.1) is 16.8 Å². The van der Waals surface area contributed by atoms with Crippen molar-refractivity contribution in [3.63, 3.8) is 0 Å². The molecule has 8 nitrogen and oxygen atoms in total. The molecule has 3 aromatic rings. The average molecular weight is 419 g/mol. The van der Waals surface area contributed by atoms with Crippen LogP contribution in [0, 0.1) is 17.0 Å². The lowest BCUT2D eigenvalue weighted by Crippen LogP contribution is -2.26. The molecule has 0 atom stereocenters. The number of amides is 1. The van der Waals surface area contributed by atoms with Gasteiger partial charge in [-0.15, -0.1) is 11.3 Å². The van der Waals surface area contributed by atoms with E-state index >= 15 is 0 Å². The Morgan fingerprint density at radius 3 is 2.79 bits per heavy atom. The number of aromatic nitrogens is 2. The molecule has 28 heavy (non-hydrogen) atoms. The lowest BCUT2D eigenvalue weighted by molar-refractivity contribution is -0.385. The molecule has 0 saturated carbocycles. The van der Waals surface area contributed by atoms with Crippen LogP contribution in [0.3, 0.4) is 0 Å². The van der Waals surface area contributed by atoms with E-state index in [2.05, 4.69) is 10.3 Å². The molecule has 0 fully saturated rings. The number of halogens is 1. The second-order valence-electron chi connectivity index (χ2n) is 5.95. The summed E-state index contributed by atoms with van der Waals surface area (Å²) in [7, 11) is 0. The average Bonchev–Trinajstić information content (AvgIpc) is 2.97. The first-order valence-electron chi connectivity index (χ1n) is 8.18. The van der Waals surface area contributed by atoms with Crippen LogP contribution in [-0.4, -0.2) is 20.4 Å². The van der Waals surface area contributed by atoms with Gasteiger partial charge >= 0.3 is 0 Å². The van der Waals surface area contributed by atoms with Crippen LogP contribution in [0.2, 0.25) is 5.02 Å². The van der Waals surface area contributed by atoms with Crippen molar-refractivity contribution in [2.75, 3.05) is 5.32 Å². The number of nitrogens with zero attached hydrogens (tertiary/aromatic N) is 3. The quantitative estimate of drug-likeness (QED) is 0.487. The second kappa shape index (κ2) is 8.32. The normalized spacial score (nSPS) is 10.6. The van der Waals surface area contributed by atoms with Gasteiger partial charge in [0.1, 0.15) is 6.54 Å². The highest BCUT2D eigenvalue weighted by atomic mass is 35.5. The molecule has 0 spiro atoms. The first-order chi connectivity index (χ1) is 13.3. The van der Waals surface area contributed by atoms with Gasteiger partial charge in [-0.2, -0.15) is 0 Å². The summed E-state index contributed by atoms with van der Waals surface area (Å²) in [5, 5.41) is 14.5. The van der Waals surface area contributed by atoms with Gasteiger partial charge in [0.2, 0.25) is 5.91 Å². The minimum Gasteiger partial charge on any atom is -0.300 e. The van der Waals surface area contributed by atoms with E-state index in [-0.39, 0.29) is 12.2 Å². The van der Waals surface area contributed by atoms with Gasteiger partial charge in [-0.25, -0.2) is 4.98 Å². The zero-order chi connectivity index (χ0) is 20.3. The number of aryl methyl sites for hydroxylation is 1. The largest absolute Gasteiger partial charge is 0.300 e. The van der Waals surface area contributed by atoms with Crippen LogP contribution in [0.1, 0.15) is 16.1 Å². The highest BCUT2D eigenvalue weighted by Gasteiger charge is 2.14. The van der Waals surface area contributed by atoms with Crippen molar-refractivity contribution in [2.45, 2.75) is 19.9 Å². The number of hydrogen-bond acceptors (Lipinski definition) is 6. The molecule has 0 aliphatic carbocycles. The maximum atomic E-state index is 12.3. The number of carbonyl (C=O) groups is 1. The smallest absolute Gasteiger partial charge is 0.285 e. The molecular weight excluding hydrogens is 404 g/mol. The summed E-state index contributed by atoms with van der Waals surface area (Å²) < 4.78 is 0.985. The third kappa shape index (κ3) is 4.62. The van der Waals surface area contributed by atoms with E-state index in [1.165, 1.54) is 11.3 Å². The van der Waals surface area contributed by atoms with Gasteiger partial charge in [-0.05, 0) is 18.6 Å². The molecule has 0 saturated heterocycles. The van der Waals surface area contributed by atoms with Crippen molar-refractivity contribution in [2.24, 2.45) is 0 Å². The monoisotopic (exact) mass is 418 g/mol. The number of pyridine rings is 1. The molecule has 144 valence electrons. The van der Waals surface area contributed by atoms with Gasteiger partial charge in [-0.3, -0.25) is 24.3 Å². The molecule has 0 bridgehead atoms. The molecule has 0 unspecified atom stereocenters. The highest BCUT2D eigenvalue weighted by molar-refractivity contribution is 7.15. The topological polar surface area (TPSA) is 107 Å². The summed E-state index contributed by atoms with van der Waals surface area (Å²) in [5.41, 5.74) is 0.958. The Hall–Kier alpha value is -3.04. The molecule has 1 aromatic carbocycles. The Bertz CT molecular complexity index is 1110. The third-order valence-corrected chi connectivity index (χ3v) is 5.38. The minimum atomic E-state index is -0.626. The highest BCUT2D eigenvalue weighted by Crippen LogP contribution is 2.27. The number of thiazole rings is 1. The van der Waals surface area contributed by atoms with E-state index in [1.54, 1.807) is 0 Å². The third-order valence-electron chi connectivity index (χ3n) is 3.94. The van der Waals surface area contributed by atoms with Crippen LogP contribution in [0.25, 0.3) is 0 Å². The molecule has 0 radical (unpaired) electrons. The number of carbonyl (C=O) groups excluding carboxylic acids is 1. The summed E-state index contributed by atoms with van der Waals surface area (Å²) in [6.45, 7) is 1.49. The summed E-state index contributed by atoms with van der Waals surface area (Å²) >= 11 is 7.51. The number of anilines is 1. The van der Waals surface area contributed by atoms with Crippen molar-refractivity contribution < 1.29 is 9.72 Å². The van der Waals surface area contributed by atoms with E-state index in [4.69, 9.17) is 11.6 Å². The van der Waals surface area contributed by atoms with Gasteiger partial charge in [0.25, 0.3) is 11.2 Å². The number of nitro groups is 1. The van der Waals surface area contributed by atoms with E-state index < -0.39 is 16.4 Å². The summed E-state index contributed by atoms with van der Waals surface area (Å²) in [6, 6.07) is 9.65. The predicted molar refractivity (Wildman–Crippen MR) is 107 cm³/mol. The first-order valence-corrected chi connectivity index (χ1v) is 9.37. The molecule has 10 heteroatoms. The predicted octanol–water partition coefficient (Wildman–Crippen LogP) is 3.40. The fraction of sp³-hybridized carbons (Fsp3) is 0.167. The van der Waals surface area contributed by atoms with Crippen molar-refractivity contribution >= 4 is 39.7 Å². The molecule has 2 heterocycles. The lowest BCUT2D eigenvalue weighted by Gasteiger charge is -2.05. The summed E-state index contributed by atoms with van der Waals surface area (Å²) in [6.07, 6.45) is 1.63. The standard InChI is InChI=1S/C18H15ClN4O4S/c1-11-15(8-12-4-2-3-5-14(12)19)28-18(20-11)21-16(24)10-22-9-13(23(26)27)6-7-17(22)25/h2-7,9H,8,10H2,1H3,(H,20,21,24). The van der Waals surface area contributed by atoms with Crippen molar-refractivity contribution in [3.8, 4) is 0 Å². The van der Waals surface area contributed by atoms with E-state index in [0.29, 0.717) is 16.6 Å². The number of nitrogens with one attached hydrogen (secondary N) is 1. The molecule has 2 aromatic heterocycles. The van der Waals surface area contributed by atoms with Gasteiger partial charge < -0.3 is 5.32 Å². The molecular formula is C18H15ClN4O4S. The van der Waals surface area contributed by atoms with Crippen LogP contribution in [0.5, 0.6) is 0 Å². The van der Waals surface area contributed by atoms with Crippen molar-refractivity contribution in [3.05, 3.63) is 84.2 Å². The van der Waals surface area contributed by atoms with Crippen LogP contribution in [0.15, 0.2) is 47.4 Å². The fourth-order valence-corrected chi connectivity index (χ4v) is 3.73. The fourth-order valence-electron chi connectivity index (χ4n) is 2.52. The number of rotatable bonds is 6. The SMILES string of the molecule is Cc1nc(NC(=O)Cn2cc([N+](=O)[O-])ccc2=O)sc1Cc1ccccc1Cl. The van der Waals surface area contributed by atoms with E-state index in [0.717, 1.165) is 39.0 Å². The first kappa shape index (κ1) is 19.7. The maximum Gasteiger partial charge on any atom is 0.285 e. The van der Waals surface area contributed by atoms with Gasteiger partial charge in [-0.1, -0.05) is 29.8 Å². The summed E-state index contributed by atoms with van der Waals surface area (Å²) in [5.74, 6) is -0.499. The molecule has 1 amide bonds. The van der Waals surface area contributed by atoms with Crippen LogP contribution in [-0.2, 0) is 17.8 Å². The van der Waals surface area contributed by atoms with E-state index in [1.807, 2.05) is 31.2 Å². The van der Waals surface area contributed by atoms with Gasteiger partial charge in [0.15, 0.2) is 5.13 Å². The van der Waals surface area contributed by atoms with Crippen LogP contribution < -0.4 is 10.9 Å². The van der Waals surface area contributed by atoms with Crippen molar-refractivity contribution in [1.82, 2.24) is 9.55 Å². The van der Waals surface area contributed by atoms with Gasteiger partial charge in [0, 0.05) is 28.5 Å².